The van der Waals surface area contributed by atoms with E-state index in [9.17, 15) is 5.11 Å². The van der Waals surface area contributed by atoms with Crippen molar-refractivity contribution in [2.45, 2.75) is 24.7 Å². The van der Waals surface area contributed by atoms with Crippen molar-refractivity contribution < 1.29 is 19.0 Å². The minimum Gasteiger partial charge on any atom is -0.492 e. The number of nitrogens with zero attached hydrogens (tertiary/aromatic N) is 4. The number of aromatic nitrogens is 3. The zero-order chi connectivity index (χ0) is 20.1. The van der Waals surface area contributed by atoms with Gasteiger partial charge in [0.2, 0.25) is 16.7 Å². The fourth-order valence-corrected chi connectivity index (χ4v) is 6.32. The Morgan fingerprint density at radius 2 is 1.97 bits per heavy atom. The van der Waals surface area contributed by atoms with E-state index >= 15 is 0 Å². The highest BCUT2D eigenvalue weighted by Gasteiger charge is 2.42. The van der Waals surface area contributed by atoms with Gasteiger partial charge in [-0.3, -0.25) is 4.90 Å². The molecule has 0 aromatic carbocycles. The number of hydrogen-bond donors (Lipinski definition) is 1. The van der Waals surface area contributed by atoms with E-state index in [1.54, 1.807) is 23.7 Å². The van der Waals surface area contributed by atoms with E-state index < -0.39 is 5.79 Å². The van der Waals surface area contributed by atoms with Crippen molar-refractivity contribution >= 4 is 27.6 Å². The molecular formula is C20H20N4O4S2. The topological polar surface area (TPSA) is 85.3 Å². The lowest BCUT2D eigenvalue weighted by Gasteiger charge is -2.40. The standard InChI is InChI=1S/C20H20N4O4S2/c25-18-16(30-19-21-17(22-24(18)19)13-3-1-9-26-13)15(14-4-2-12-29-14)23-7-5-20(6-8-23)27-10-11-28-20/h1-4,9,12,15,25H,5-8,10-11H2. The zero-order valence-electron chi connectivity index (χ0n) is 16.1. The molecule has 6 rings (SSSR count). The minimum atomic E-state index is -0.429. The third-order valence-electron chi connectivity index (χ3n) is 5.74. The van der Waals surface area contributed by atoms with Gasteiger partial charge in [-0.15, -0.1) is 16.4 Å². The molecule has 1 spiro atoms. The zero-order valence-corrected chi connectivity index (χ0v) is 17.7. The average molecular weight is 445 g/mol. The van der Waals surface area contributed by atoms with Crippen molar-refractivity contribution in [3.05, 3.63) is 45.7 Å². The molecule has 2 aliphatic heterocycles. The van der Waals surface area contributed by atoms with Gasteiger partial charge in [-0.25, -0.2) is 0 Å². The Hall–Kier alpha value is -2.24. The summed E-state index contributed by atoms with van der Waals surface area (Å²) in [4.78, 5) is 9.63. The quantitative estimate of drug-likeness (QED) is 0.513. The first-order valence-electron chi connectivity index (χ1n) is 9.90. The van der Waals surface area contributed by atoms with E-state index in [-0.39, 0.29) is 11.9 Å². The van der Waals surface area contributed by atoms with E-state index in [2.05, 4.69) is 26.4 Å². The second kappa shape index (κ2) is 7.17. The van der Waals surface area contributed by atoms with Crippen LogP contribution in [0.3, 0.4) is 0 Å². The van der Waals surface area contributed by atoms with Crippen molar-refractivity contribution in [2.24, 2.45) is 0 Å². The molecule has 8 nitrogen and oxygen atoms in total. The van der Waals surface area contributed by atoms with Crippen molar-refractivity contribution in [3.63, 3.8) is 0 Å². The molecule has 0 bridgehead atoms. The van der Waals surface area contributed by atoms with Gasteiger partial charge in [0.05, 0.1) is 30.4 Å². The highest BCUT2D eigenvalue weighted by molar-refractivity contribution is 7.17. The number of ether oxygens (including phenoxy) is 2. The number of rotatable bonds is 4. The fraction of sp³-hybridized carbons (Fsp3) is 0.400. The summed E-state index contributed by atoms with van der Waals surface area (Å²) in [5.74, 6) is 0.755. The summed E-state index contributed by atoms with van der Waals surface area (Å²) in [6.07, 6.45) is 3.22. The molecule has 0 aliphatic carbocycles. The number of piperidine rings is 1. The Morgan fingerprint density at radius 1 is 1.13 bits per heavy atom. The largest absolute Gasteiger partial charge is 0.492 e. The van der Waals surface area contributed by atoms with Gasteiger partial charge in [0.15, 0.2) is 11.5 Å². The molecule has 2 fully saturated rings. The van der Waals surface area contributed by atoms with E-state index in [4.69, 9.17) is 13.9 Å². The van der Waals surface area contributed by atoms with Crippen LogP contribution < -0.4 is 0 Å². The second-order valence-electron chi connectivity index (χ2n) is 7.46. The molecule has 0 amide bonds. The van der Waals surface area contributed by atoms with Crippen molar-refractivity contribution in [3.8, 4) is 17.5 Å². The molecule has 4 aromatic rings. The van der Waals surface area contributed by atoms with Crippen LogP contribution in [-0.4, -0.2) is 56.7 Å². The maximum absolute atomic E-state index is 11.1. The van der Waals surface area contributed by atoms with Gasteiger partial charge in [-0.05, 0) is 23.6 Å². The third kappa shape index (κ3) is 2.98. The van der Waals surface area contributed by atoms with Gasteiger partial charge in [0.25, 0.3) is 0 Å². The molecule has 1 atom stereocenters. The number of likely N-dealkylation sites (tertiary alicyclic amines) is 1. The molecule has 30 heavy (non-hydrogen) atoms. The number of thiophene rings is 1. The van der Waals surface area contributed by atoms with Gasteiger partial charge >= 0.3 is 0 Å². The van der Waals surface area contributed by atoms with Gasteiger partial charge in [0, 0.05) is 30.8 Å². The van der Waals surface area contributed by atoms with Gasteiger partial charge in [0.1, 0.15) is 0 Å². The summed E-state index contributed by atoms with van der Waals surface area (Å²) >= 11 is 3.16. The first-order valence-corrected chi connectivity index (χ1v) is 11.6. The van der Waals surface area contributed by atoms with Crippen LogP contribution in [-0.2, 0) is 9.47 Å². The first kappa shape index (κ1) is 18.5. The molecule has 1 unspecified atom stereocenters. The van der Waals surface area contributed by atoms with Crippen LogP contribution in [0.2, 0.25) is 0 Å². The second-order valence-corrected chi connectivity index (χ2v) is 9.45. The smallest absolute Gasteiger partial charge is 0.230 e. The summed E-state index contributed by atoms with van der Waals surface area (Å²) in [7, 11) is 0. The lowest BCUT2D eigenvalue weighted by Crippen LogP contribution is -2.46. The molecule has 2 saturated heterocycles. The summed E-state index contributed by atoms with van der Waals surface area (Å²) in [6, 6.07) is 7.71. The van der Waals surface area contributed by atoms with E-state index in [0.29, 0.717) is 29.8 Å². The molecule has 156 valence electrons. The van der Waals surface area contributed by atoms with Gasteiger partial charge in [-0.1, -0.05) is 17.4 Å². The number of fused-ring (bicyclic) bond motifs is 1. The summed E-state index contributed by atoms with van der Waals surface area (Å²) < 4.78 is 18.7. The van der Waals surface area contributed by atoms with Crippen molar-refractivity contribution in [2.75, 3.05) is 26.3 Å². The average Bonchev–Trinajstić information content (AvgIpc) is 3.56. The van der Waals surface area contributed by atoms with Crippen LogP contribution in [0.25, 0.3) is 16.5 Å². The first-order chi connectivity index (χ1) is 14.7. The van der Waals surface area contributed by atoms with Crippen molar-refractivity contribution in [1.29, 1.82) is 0 Å². The predicted octanol–water partition coefficient (Wildman–Crippen LogP) is 3.75. The van der Waals surface area contributed by atoms with Gasteiger partial charge < -0.3 is 19.0 Å². The highest BCUT2D eigenvalue weighted by atomic mass is 32.1. The molecule has 1 N–H and O–H groups in total. The maximum Gasteiger partial charge on any atom is 0.230 e. The summed E-state index contributed by atoms with van der Waals surface area (Å²) in [5, 5.41) is 17.6. The van der Waals surface area contributed by atoms with Crippen LogP contribution in [0.5, 0.6) is 5.88 Å². The minimum absolute atomic E-state index is 0.0516. The summed E-state index contributed by atoms with van der Waals surface area (Å²) in [5.41, 5.74) is 0. The predicted molar refractivity (Wildman–Crippen MR) is 112 cm³/mol. The molecular weight excluding hydrogens is 424 g/mol. The number of thiazole rings is 1. The Morgan fingerprint density at radius 3 is 2.63 bits per heavy atom. The van der Waals surface area contributed by atoms with Crippen LogP contribution in [0.4, 0.5) is 0 Å². The van der Waals surface area contributed by atoms with Crippen LogP contribution >= 0.6 is 22.7 Å². The van der Waals surface area contributed by atoms with Crippen LogP contribution in [0.15, 0.2) is 40.3 Å². The van der Waals surface area contributed by atoms with Crippen molar-refractivity contribution in [1.82, 2.24) is 19.5 Å². The van der Waals surface area contributed by atoms with Gasteiger partial charge in [-0.2, -0.15) is 9.50 Å². The molecule has 0 radical (unpaired) electrons. The number of hydrogen-bond acceptors (Lipinski definition) is 9. The van der Waals surface area contributed by atoms with E-state index in [0.717, 1.165) is 30.8 Å². The fourth-order valence-electron chi connectivity index (χ4n) is 4.27. The molecule has 2 aliphatic rings. The SMILES string of the molecule is Oc1c(C(c2cccs2)N2CCC3(CC2)OCCO3)sc2nc(-c3ccco3)nn12. The lowest BCUT2D eigenvalue weighted by molar-refractivity contribution is -0.187. The summed E-state index contributed by atoms with van der Waals surface area (Å²) in [6.45, 7) is 2.99. The molecule has 10 heteroatoms. The Bertz CT molecular complexity index is 1140. The van der Waals surface area contributed by atoms with E-state index in [1.165, 1.54) is 20.7 Å². The number of aromatic hydroxyl groups is 1. The Balaban J connectivity index is 1.35. The lowest BCUT2D eigenvalue weighted by atomic mass is 10.0. The number of furan rings is 1. The molecule has 6 heterocycles. The van der Waals surface area contributed by atoms with E-state index in [1.807, 2.05) is 12.1 Å². The Labute approximate surface area is 180 Å². The van der Waals surface area contributed by atoms with Crippen LogP contribution in [0.1, 0.15) is 28.6 Å². The third-order valence-corrected chi connectivity index (χ3v) is 7.74. The molecule has 4 aromatic heterocycles. The Kier molecular flexibility index (Phi) is 4.43. The maximum atomic E-state index is 11.1. The van der Waals surface area contributed by atoms with Crippen LogP contribution in [0, 0.1) is 0 Å². The monoisotopic (exact) mass is 444 g/mol. The molecule has 0 saturated carbocycles. The highest BCUT2D eigenvalue weighted by Crippen LogP contribution is 2.44. The normalized spacial score (nSPS) is 20.4.